The van der Waals surface area contributed by atoms with Crippen molar-refractivity contribution in [3.8, 4) is 41.0 Å². The van der Waals surface area contributed by atoms with Crippen LogP contribution in [0.4, 0.5) is 0 Å². The van der Waals surface area contributed by atoms with E-state index in [1.807, 2.05) is 105 Å². The molecule has 34 heavy (non-hydrogen) atoms. The maximum absolute atomic E-state index is 6.19. The Hall–Kier alpha value is -4.23. The maximum Gasteiger partial charge on any atom is 0.225 e. The van der Waals surface area contributed by atoms with Crippen molar-refractivity contribution in [2.75, 3.05) is 0 Å². The highest BCUT2D eigenvalue weighted by molar-refractivity contribution is 5.76. The molecular formula is C30H27NO3. The average molecular weight is 450 g/mol. The number of ether oxygens (including phenoxy) is 3. The first-order valence-electron chi connectivity index (χ1n) is 11.2. The quantitative estimate of drug-likeness (QED) is 0.267. The van der Waals surface area contributed by atoms with Crippen LogP contribution in [-0.4, -0.2) is 11.1 Å². The van der Waals surface area contributed by atoms with Gasteiger partial charge in [0.15, 0.2) is 0 Å². The predicted octanol–water partition coefficient (Wildman–Crippen LogP) is 6.68. The summed E-state index contributed by atoms with van der Waals surface area (Å²) in [6, 6.07) is 29.4. The van der Waals surface area contributed by atoms with Crippen LogP contribution in [0, 0.1) is 12.3 Å². The Bertz CT molecular complexity index is 1260. The fourth-order valence-corrected chi connectivity index (χ4v) is 3.49. The van der Waals surface area contributed by atoms with Crippen LogP contribution in [0.2, 0.25) is 0 Å². The van der Waals surface area contributed by atoms with Gasteiger partial charge >= 0.3 is 0 Å². The summed E-state index contributed by atoms with van der Waals surface area (Å²) in [6.45, 7) is 4.77. The number of pyridine rings is 1. The summed E-state index contributed by atoms with van der Waals surface area (Å²) in [5.74, 6) is 4.44. The Balaban J connectivity index is 1.68. The second-order valence-corrected chi connectivity index (χ2v) is 8.07. The number of hydrogen-bond donors (Lipinski definition) is 0. The van der Waals surface area contributed by atoms with Gasteiger partial charge in [-0.25, -0.2) is 0 Å². The van der Waals surface area contributed by atoms with Crippen LogP contribution in [0.5, 0.6) is 17.5 Å². The molecule has 170 valence electrons. The normalized spacial score (nSPS) is 10.5. The SMILES string of the molecule is C#Cc1ccc(OC(C)C)cc1-c1ccc(OCc2ccccc2)nc1OCc1ccccc1. The molecule has 3 aromatic carbocycles. The third kappa shape index (κ3) is 5.96. The molecule has 4 heteroatoms. The molecule has 0 radical (unpaired) electrons. The van der Waals surface area contributed by atoms with Crippen molar-refractivity contribution in [2.24, 2.45) is 0 Å². The molecule has 0 aliphatic rings. The molecule has 0 aliphatic heterocycles. The van der Waals surface area contributed by atoms with Crippen LogP contribution in [0.25, 0.3) is 11.1 Å². The van der Waals surface area contributed by atoms with Gasteiger partial charge in [0.25, 0.3) is 0 Å². The molecule has 4 nitrogen and oxygen atoms in total. The predicted molar refractivity (Wildman–Crippen MR) is 135 cm³/mol. The van der Waals surface area contributed by atoms with E-state index in [1.165, 1.54) is 0 Å². The van der Waals surface area contributed by atoms with E-state index in [0.29, 0.717) is 25.0 Å². The third-order valence-corrected chi connectivity index (χ3v) is 5.09. The monoisotopic (exact) mass is 449 g/mol. The molecular weight excluding hydrogens is 422 g/mol. The first-order chi connectivity index (χ1) is 16.6. The molecule has 1 aromatic heterocycles. The summed E-state index contributed by atoms with van der Waals surface area (Å²) in [5.41, 5.74) is 4.45. The van der Waals surface area contributed by atoms with Gasteiger partial charge < -0.3 is 14.2 Å². The topological polar surface area (TPSA) is 40.6 Å². The fraction of sp³-hybridized carbons (Fsp3) is 0.167. The zero-order chi connectivity index (χ0) is 23.8. The molecule has 0 atom stereocenters. The number of nitrogens with zero attached hydrogens (tertiary/aromatic N) is 1. The van der Waals surface area contributed by atoms with Gasteiger partial charge in [0.2, 0.25) is 11.8 Å². The van der Waals surface area contributed by atoms with Gasteiger partial charge in [-0.05, 0) is 49.2 Å². The molecule has 4 aromatic rings. The van der Waals surface area contributed by atoms with Crippen molar-refractivity contribution in [2.45, 2.75) is 33.2 Å². The molecule has 0 aliphatic carbocycles. The van der Waals surface area contributed by atoms with Gasteiger partial charge in [-0.15, -0.1) is 6.42 Å². The van der Waals surface area contributed by atoms with Gasteiger partial charge in [0.1, 0.15) is 19.0 Å². The first kappa shape index (κ1) is 22.9. The summed E-state index contributed by atoms with van der Waals surface area (Å²) in [5, 5.41) is 0. The van der Waals surface area contributed by atoms with Gasteiger partial charge in [0.05, 0.1) is 6.10 Å². The average Bonchev–Trinajstić information content (AvgIpc) is 2.87. The smallest absolute Gasteiger partial charge is 0.225 e. The van der Waals surface area contributed by atoms with E-state index < -0.39 is 0 Å². The summed E-state index contributed by atoms with van der Waals surface area (Å²) >= 11 is 0. The number of terminal acetylenes is 1. The maximum atomic E-state index is 6.19. The summed E-state index contributed by atoms with van der Waals surface area (Å²) < 4.78 is 18.0. The van der Waals surface area contributed by atoms with Crippen molar-refractivity contribution < 1.29 is 14.2 Å². The zero-order valence-corrected chi connectivity index (χ0v) is 19.4. The highest BCUT2D eigenvalue weighted by Crippen LogP contribution is 2.35. The lowest BCUT2D eigenvalue weighted by atomic mass is 10.0. The second-order valence-electron chi connectivity index (χ2n) is 8.07. The van der Waals surface area contributed by atoms with Crippen LogP contribution < -0.4 is 14.2 Å². The Labute approximate surface area is 201 Å². The van der Waals surface area contributed by atoms with Crippen LogP contribution >= 0.6 is 0 Å². The van der Waals surface area contributed by atoms with E-state index >= 15 is 0 Å². The number of rotatable bonds is 9. The minimum absolute atomic E-state index is 0.0465. The zero-order valence-electron chi connectivity index (χ0n) is 19.4. The molecule has 0 spiro atoms. The van der Waals surface area contributed by atoms with E-state index in [9.17, 15) is 0 Å². The Morgan fingerprint density at radius 2 is 1.41 bits per heavy atom. The van der Waals surface area contributed by atoms with E-state index in [1.54, 1.807) is 0 Å². The van der Waals surface area contributed by atoms with Crippen LogP contribution in [0.3, 0.4) is 0 Å². The van der Waals surface area contributed by atoms with Crippen LogP contribution in [-0.2, 0) is 13.2 Å². The van der Waals surface area contributed by atoms with Gasteiger partial charge in [-0.2, -0.15) is 4.98 Å². The molecule has 0 N–H and O–H groups in total. The minimum atomic E-state index is 0.0465. The van der Waals surface area contributed by atoms with Crippen LogP contribution in [0.15, 0.2) is 91.0 Å². The summed E-state index contributed by atoms with van der Waals surface area (Å²) in [6.07, 6.45) is 5.87. The van der Waals surface area contributed by atoms with E-state index in [-0.39, 0.29) is 6.10 Å². The number of benzene rings is 3. The molecule has 0 amide bonds. The van der Waals surface area contributed by atoms with Gasteiger partial charge in [0, 0.05) is 22.8 Å². The molecule has 0 fully saturated rings. The van der Waals surface area contributed by atoms with E-state index in [4.69, 9.17) is 25.6 Å². The molecule has 4 rings (SSSR count). The number of aromatic nitrogens is 1. The van der Waals surface area contributed by atoms with Gasteiger partial charge in [-0.1, -0.05) is 66.6 Å². The summed E-state index contributed by atoms with van der Waals surface area (Å²) in [4.78, 5) is 4.69. The standard InChI is InChI=1S/C30H27NO3/c1-4-25-15-16-26(34-22(2)3)19-28(25)27-17-18-29(32-20-23-11-7-5-8-12-23)31-30(27)33-21-24-13-9-6-10-14-24/h1,5-19,22H,20-21H2,2-3H3. The van der Waals surface area contributed by atoms with Crippen molar-refractivity contribution in [3.63, 3.8) is 0 Å². The van der Waals surface area contributed by atoms with E-state index in [2.05, 4.69) is 5.92 Å². The lowest BCUT2D eigenvalue weighted by molar-refractivity contribution is 0.242. The molecule has 0 saturated carbocycles. The van der Waals surface area contributed by atoms with Crippen molar-refractivity contribution >= 4 is 0 Å². The van der Waals surface area contributed by atoms with Crippen molar-refractivity contribution in [1.82, 2.24) is 4.98 Å². The Morgan fingerprint density at radius 1 is 0.765 bits per heavy atom. The Morgan fingerprint density at radius 3 is 2.03 bits per heavy atom. The van der Waals surface area contributed by atoms with Crippen LogP contribution in [0.1, 0.15) is 30.5 Å². The first-order valence-corrected chi connectivity index (χ1v) is 11.2. The minimum Gasteiger partial charge on any atom is -0.491 e. The second kappa shape index (κ2) is 11.1. The Kier molecular flexibility index (Phi) is 7.47. The van der Waals surface area contributed by atoms with E-state index in [0.717, 1.165) is 33.6 Å². The lowest BCUT2D eigenvalue weighted by Crippen LogP contribution is -2.06. The molecule has 0 saturated heterocycles. The fourth-order valence-electron chi connectivity index (χ4n) is 3.49. The van der Waals surface area contributed by atoms with Gasteiger partial charge in [-0.3, -0.25) is 0 Å². The van der Waals surface area contributed by atoms with Crippen molar-refractivity contribution in [3.05, 3.63) is 108 Å². The summed E-state index contributed by atoms with van der Waals surface area (Å²) in [7, 11) is 0. The molecule has 1 heterocycles. The highest BCUT2D eigenvalue weighted by Gasteiger charge is 2.15. The molecule has 0 unspecified atom stereocenters. The number of hydrogen-bond acceptors (Lipinski definition) is 4. The third-order valence-electron chi connectivity index (χ3n) is 5.09. The highest BCUT2D eigenvalue weighted by atomic mass is 16.5. The largest absolute Gasteiger partial charge is 0.491 e. The van der Waals surface area contributed by atoms with Crippen molar-refractivity contribution in [1.29, 1.82) is 0 Å². The lowest BCUT2D eigenvalue weighted by Gasteiger charge is -2.16. The molecule has 0 bridgehead atoms.